The minimum absolute atomic E-state index is 0.250. The van der Waals surface area contributed by atoms with Gasteiger partial charge in [-0.3, -0.25) is 10.1 Å². The van der Waals surface area contributed by atoms with Crippen LogP contribution >= 0.6 is 23.1 Å². The molecule has 5 nitrogen and oxygen atoms in total. The molecule has 0 aliphatic rings. The Labute approximate surface area is 106 Å². The van der Waals surface area contributed by atoms with Gasteiger partial charge >= 0.3 is 0 Å². The molecule has 0 bridgehead atoms. The van der Waals surface area contributed by atoms with Crippen LogP contribution in [0.1, 0.15) is 10.6 Å². The Morgan fingerprint density at radius 2 is 2.53 bits per heavy atom. The SMILES string of the molecule is C=CCSc1nnc(NC(=O)c2ccco2)s1. The first-order valence-electron chi connectivity index (χ1n) is 4.71. The highest BCUT2D eigenvalue weighted by molar-refractivity contribution is 8.01. The van der Waals surface area contributed by atoms with Crippen molar-refractivity contribution < 1.29 is 9.21 Å². The third-order valence-corrected chi connectivity index (χ3v) is 3.66. The van der Waals surface area contributed by atoms with E-state index in [1.165, 1.54) is 29.4 Å². The molecule has 7 heteroatoms. The summed E-state index contributed by atoms with van der Waals surface area (Å²) in [6, 6.07) is 3.24. The number of nitrogens with one attached hydrogen (secondary N) is 1. The lowest BCUT2D eigenvalue weighted by atomic mass is 10.4. The van der Waals surface area contributed by atoms with Crippen molar-refractivity contribution in [2.45, 2.75) is 4.34 Å². The molecule has 0 fully saturated rings. The third-order valence-electron chi connectivity index (χ3n) is 1.70. The normalized spacial score (nSPS) is 10.1. The van der Waals surface area contributed by atoms with Crippen molar-refractivity contribution in [2.75, 3.05) is 11.1 Å². The van der Waals surface area contributed by atoms with E-state index < -0.39 is 0 Å². The van der Waals surface area contributed by atoms with Crippen LogP contribution in [0, 0.1) is 0 Å². The predicted molar refractivity (Wildman–Crippen MR) is 67.5 cm³/mol. The van der Waals surface area contributed by atoms with E-state index in [0.717, 1.165) is 10.1 Å². The van der Waals surface area contributed by atoms with Gasteiger partial charge in [0, 0.05) is 5.75 Å². The molecule has 17 heavy (non-hydrogen) atoms. The van der Waals surface area contributed by atoms with Crippen molar-refractivity contribution >= 4 is 34.1 Å². The van der Waals surface area contributed by atoms with E-state index in [-0.39, 0.29) is 11.7 Å². The Bertz CT molecular complexity index is 507. The second-order valence-electron chi connectivity index (χ2n) is 2.90. The van der Waals surface area contributed by atoms with Crippen LogP contribution in [0.3, 0.4) is 0 Å². The molecule has 2 heterocycles. The molecule has 2 aromatic rings. The fraction of sp³-hybridized carbons (Fsp3) is 0.100. The molecule has 88 valence electrons. The van der Waals surface area contributed by atoms with Gasteiger partial charge in [-0.15, -0.1) is 16.8 Å². The largest absolute Gasteiger partial charge is 0.459 e. The van der Waals surface area contributed by atoms with Crippen LogP contribution in [0.25, 0.3) is 0 Å². The number of hydrogen-bond donors (Lipinski definition) is 1. The predicted octanol–water partition coefficient (Wildman–Crippen LogP) is 2.66. The Kier molecular flexibility index (Phi) is 3.94. The van der Waals surface area contributed by atoms with Crippen LogP contribution in [0.5, 0.6) is 0 Å². The standard InChI is InChI=1S/C10H9N3O2S2/c1-2-6-16-10-13-12-9(17-10)11-8(14)7-4-3-5-15-7/h2-5H,1,6H2,(H,11,12,14). The van der Waals surface area contributed by atoms with Gasteiger partial charge in [-0.05, 0) is 12.1 Å². The first-order chi connectivity index (χ1) is 8.29. The van der Waals surface area contributed by atoms with Crippen molar-refractivity contribution in [2.24, 2.45) is 0 Å². The second kappa shape index (κ2) is 5.65. The molecule has 0 aliphatic heterocycles. The van der Waals surface area contributed by atoms with E-state index in [0.29, 0.717) is 5.13 Å². The summed E-state index contributed by atoms with van der Waals surface area (Å²) in [7, 11) is 0. The van der Waals surface area contributed by atoms with Gasteiger partial charge in [0.05, 0.1) is 6.26 Å². The van der Waals surface area contributed by atoms with Gasteiger partial charge < -0.3 is 4.42 Å². The number of nitrogens with zero attached hydrogens (tertiary/aromatic N) is 2. The van der Waals surface area contributed by atoms with E-state index in [1.807, 2.05) is 0 Å². The molecule has 0 aromatic carbocycles. The number of furan rings is 1. The minimum Gasteiger partial charge on any atom is -0.459 e. The lowest BCUT2D eigenvalue weighted by molar-refractivity contribution is 0.0996. The van der Waals surface area contributed by atoms with Crippen LogP contribution in [-0.2, 0) is 0 Å². The molecule has 0 saturated carbocycles. The van der Waals surface area contributed by atoms with Gasteiger partial charge in [-0.1, -0.05) is 29.2 Å². The molecule has 1 amide bonds. The lowest BCUT2D eigenvalue weighted by Crippen LogP contribution is -2.10. The van der Waals surface area contributed by atoms with E-state index in [4.69, 9.17) is 4.42 Å². The third kappa shape index (κ3) is 3.18. The van der Waals surface area contributed by atoms with E-state index in [1.54, 1.807) is 18.2 Å². The molecule has 0 spiro atoms. The number of hydrogen-bond acceptors (Lipinski definition) is 6. The molecule has 0 radical (unpaired) electrons. The fourth-order valence-electron chi connectivity index (χ4n) is 1.02. The molecular formula is C10H9N3O2S2. The van der Waals surface area contributed by atoms with Gasteiger partial charge in [-0.2, -0.15) is 0 Å². The van der Waals surface area contributed by atoms with Crippen LogP contribution in [0.15, 0.2) is 39.8 Å². The summed E-state index contributed by atoms with van der Waals surface area (Å²) in [5.41, 5.74) is 0. The van der Waals surface area contributed by atoms with Crippen molar-refractivity contribution in [3.05, 3.63) is 36.8 Å². The highest BCUT2D eigenvalue weighted by Gasteiger charge is 2.11. The number of anilines is 1. The van der Waals surface area contributed by atoms with Gasteiger partial charge in [0.25, 0.3) is 5.91 Å². The summed E-state index contributed by atoms with van der Waals surface area (Å²) < 4.78 is 5.76. The zero-order chi connectivity index (χ0) is 12.1. The molecule has 0 aliphatic carbocycles. The molecule has 1 N–H and O–H groups in total. The maximum absolute atomic E-state index is 11.6. The maximum Gasteiger partial charge on any atom is 0.293 e. The Balaban J connectivity index is 1.97. The van der Waals surface area contributed by atoms with E-state index >= 15 is 0 Å². The summed E-state index contributed by atoms with van der Waals surface area (Å²) >= 11 is 2.84. The van der Waals surface area contributed by atoms with Crippen molar-refractivity contribution in [1.82, 2.24) is 10.2 Å². The first-order valence-corrected chi connectivity index (χ1v) is 6.52. The average molecular weight is 267 g/mol. The molecule has 0 atom stereocenters. The molecular weight excluding hydrogens is 258 g/mol. The molecule has 0 saturated heterocycles. The van der Waals surface area contributed by atoms with Gasteiger partial charge in [0.15, 0.2) is 10.1 Å². The highest BCUT2D eigenvalue weighted by Crippen LogP contribution is 2.25. The Hall–Kier alpha value is -1.60. The monoisotopic (exact) mass is 267 g/mol. The van der Waals surface area contributed by atoms with Crippen LogP contribution in [0.2, 0.25) is 0 Å². The van der Waals surface area contributed by atoms with Gasteiger partial charge in [-0.25, -0.2) is 0 Å². The van der Waals surface area contributed by atoms with Crippen LogP contribution in [0.4, 0.5) is 5.13 Å². The summed E-state index contributed by atoms with van der Waals surface area (Å²) in [5, 5.41) is 10.9. The van der Waals surface area contributed by atoms with Gasteiger partial charge in [0.2, 0.25) is 5.13 Å². The summed E-state index contributed by atoms with van der Waals surface area (Å²) in [4.78, 5) is 11.6. The Morgan fingerprint density at radius 1 is 1.65 bits per heavy atom. The Morgan fingerprint density at radius 3 is 3.24 bits per heavy atom. The quantitative estimate of drug-likeness (QED) is 0.512. The summed E-state index contributed by atoms with van der Waals surface area (Å²) in [6.45, 7) is 3.62. The van der Waals surface area contributed by atoms with Crippen molar-refractivity contribution in [3.63, 3.8) is 0 Å². The van der Waals surface area contributed by atoms with E-state index in [2.05, 4.69) is 22.1 Å². The number of aromatic nitrogens is 2. The lowest BCUT2D eigenvalue weighted by Gasteiger charge is -1.95. The zero-order valence-corrected chi connectivity index (χ0v) is 10.4. The summed E-state index contributed by atoms with van der Waals surface area (Å²) in [6.07, 6.45) is 3.23. The molecule has 0 unspecified atom stereocenters. The van der Waals surface area contributed by atoms with Crippen LogP contribution in [-0.4, -0.2) is 21.9 Å². The average Bonchev–Trinajstić information content (AvgIpc) is 2.97. The highest BCUT2D eigenvalue weighted by atomic mass is 32.2. The molecule has 2 rings (SSSR count). The fourth-order valence-corrected chi connectivity index (χ4v) is 2.52. The smallest absolute Gasteiger partial charge is 0.293 e. The summed E-state index contributed by atoms with van der Waals surface area (Å²) in [5.74, 6) is 0.688. The number of carbonyl (C=O) groups excluding carboxylic acids is 1. The second-order valence-corrected chi connectivity index (χ2v) is 5.15. The molecule has 2 aromatic heterocycles. The number of thioether (sulfide) groups is 1. The number of amides is 1. The van der Waals surface area contributed by atoms with Gasteiger partial charge in [0.1, 0.15) is 0 Å². The van der Waals surface area contributed by atoms with Crippen molar-refractivity contribution in [1.29, 1.82) is 0 Å². The van der Waals surface area contributed by atoms with Crippen LogP contribution < -0.4 is 5.32 Å². The topological polar surface area (TPSA) is 68.0 Å². The van der Waals surface area contributed by atoms with E-state index in [9.17, 15) is 4.79 Å². The van der Waals surface area contributed by atoms with Crippen molar-refractivity contribution in [3.8, 4) is 0 Å². The maximum atomic E-state index is 11.6. The zero-order valence-electron chi connectivity index (χ0n) is 8.75. The first kappa shape index (κ1) is 11.9. The number of rotatable bonds is 5. The minimum atomic E-state index is -0.327. The number of carbonyl (C=O) groups is 1.